The Labute approximate surface area is 105 Å². The molecule has 0 heteroatoms. The fourth-order valence-electron chi connectivity index (χ4n) is 2.57. The molecule has 1 aromatic rings. The molecule has 0 saturated carbocycles. The molecular formula is C17H22. The molecule has 0 spiro atoms. The highest BCUT2D eigenvalue weighted by Crippen LogP contribution is 2.31. The van der Waals surface area contributed by atoms with Crippen LogP contribution in [0.15, 0.2) is 48.1 Å². The molecule has 0 saturated heterocycles. The summed E-state index contributed by atoms with van der Waals surface area (Å²) in [7, 11) is 0. The molecule has 0 aliphatic heterocycles. The number of benzene rings is 1. The van der Waals surface area contributed by atoms with Gasteiger partial charge in [-0.15, -0.1) is 0 Å². The number of unbranched alkanes of at least 4 members (excludes halogenated alkanes) is 1. The highest BCUT2D eigenvalue weighted by Gasteiger charge is 2.13. The zero-order chi connectivity index (χ0) is 12.1. The van der Waals surface area contributed by atoms with Gasteiger partial charge in [0.05, 0.1) is 0 Å². The standard InChI is InChI=1S/C17H22/c1-3-4-8-15-11-12-17(14(2)13-15)16-9-6-5-7-10-16/h5-7,9-12,15H,3-4,8,13H2,1-2H3. The smallest absolute Gasteiger partial charge is 0.0185 e. The van der Waals surface area contributed by atoms with Crippen molar-refractivity contribution in [2.24, 2.45) is 5.92 Å². The Balaban J connectivity index is 2.09. The van der Waals surface area contributed by atoms with Crippen molar-refractivity contribution in [3.63, 3.8) is 0 Å². The predicted molar refractivity (Wildman–Crippen MR) is 75.8 cm³/mol. The largest absolute Gasteiger partial charge is 0.0805 e. The van der Waals surface area contributed by atoms with Crippen molar-refractivity contribution >= 4 is 5.57 Å². The van der Waals surface area contributed by atoms with E-state index in [0.717, 1.165) is 5.92 Å². The minimum Gasteiger partial charge on any atom is -0.0805 e. The third kappa shape index (κ3) is 3.09. The Kier molecular flexibility index (Phi) is 4.19. The number of rotatable bonds is 4. The summed E-state index contributed by atoms with van der Waals surface area (Å²) >= 11 is 0. The first-order valence-corrected chi connectivity index (χ1v) is 6.74. The summed E-state index contributed by atoms with van der Waals surface area (Å²) < 4.78 is 0. The molecule has 0 nitrogen and oxygen atoms in total. The van der Waals surface area contributed by atoms with Crippen LogP contribution in [0.2, 0.25) is 0 Å². The van der Waals surface area contributed by atoms with Crippen molar-refractivity contribution in [3.05, 3.63) is 53.6 Å². The molecule has 0 aromatic heterocycles. The van der Waals surface area contributed by atoms with Crippen molar-refractivity contribution in [1.29, 1.82) is 0 Å². The van der Waals surface area contributed by atoms with Gasteiger partial charge in [-0.05, 0) is 36.8 Å². The summed E-state index contributed by atoms with van der Waals surface area (Å²) in [5.41, 5.74) is 4.33. The van der Waals surface area contributed by atoms with Gasteiger partial charge in [-0.3, -0.25) is 0 Å². The molecule has 0 bridgehead atoms. The molecule has 0 fully saturated rings. The van der Waals surface area contributed by atoms with E-state index in [9.17, 15) is 0 Å². The lowest BCUT2D eigenvalue weighted by atomic mass is 9.85. The first-order chi connectivity index (χ1) is 8.31. The molecule has 0 amide bonds. The molecule has 1 unspecified atom stereocenters. The van der Waals surface area contributed by atoms with Gasteiger partial charge in [-0.2, -0.15) is 0 Å². The maximum absolute atomic E-state index is 2.41. The maximum Gasteiger partial charge on any atom is -0.0185 e. The first kappa shape index (κ1) is 12.2. The van der Waals surface area contributed by atoms with Gasteiger partial charge in [0.2, 0.25) is 0 Å². The van der Waals surface area contributed by atoms with E-state index in [-0.39, 0.29) is 0 Å². The quantitative estimate of drug-likeness (QED) is 0.659. The van der Waals surface area contributed by atoms with Gasteiger partial charge in [-0.1, -0.05) is 67.8 Å². The van der Waals surface area contributed by atoms with E-state index in [4.69, 9.17) is 0 Å². The molecule has 0 N–H and O–H groups in total. The van der Waals surface area contributed by atoms with E-state index in [0.29, 0.717) is 0 Å². The predicted octanol–water partition coefficient (Wildman–Crippen LogP) is 5.23. The molecule has 2 rings (SSSR count). The molecule has 90 valence electrons. The summed E-state index contributed by atoms with van der Waals surface area (Å²) in [5, 5.41) is 0. The minimum atomic E-state index is 0.766. The van der Waals surface area contributed by atoms with Gasteiger partial charge in [0.1, 0.15) is 0 Å². The maximum atomic E-state index is 2.41. The fourth-order valence-corrected chi connectivity index (χ4v) is 2.57. The van der Waals surface area contributed by atoms with E-state index in [1.54, 1.807) is 5.57 Å². The van der Waals surface area contributed by atoms with Crippen molar-refractivity contribution in [2.75, 3.05) is 0 Å². The molecule has 0 radical (unpaired) electrons. The summed E-state index contributed by atoms with van der Waals surface area (Å²) in [5.74, 6) is 0.766. The second-order valence-electron chi connectivity index (χ2n) is 5.03. The number of hydrogen-bond donors (Lipinski definition) is 0. The van der Waals surface area contributed by atoms with E-state index in [2.05, 4.69) is 56.3 Å². The SMILES string of the molecule is CCCCC1C=CC(c2ccccc2)=C(C)C1. The van der Waals surface area contributed by atoms with Gasteiger partial charge in [0.25, 0.3) is 0 Å². The van der Waals surface area contributed by atoms with Crippen LogP contribution in [0.1, 0.15) is 45.1 Å². The van der Waals surface area contributed by atoms with Gasteiger partial charge in [0, 0.05) is 0 Å². The van der Waals surface area contributed by atoms with E-state index >= 15 is 0 Å². The number of hydrogen-bond acceptors (Lipinski definition) is 0. The van der Waals surface area contributed by atoms with Crippen LogP contribution in [0.5, 0.6) is 0 Å². The lowest BCUT2D eigenvalue weighted by Crippen LogP contribution is -2.03. The Morgan fingerprint density at radius 1 is 1.18 bits per heavy atom. The molecule has 17 heavy (non-hydrogen) atoms. The van der Waals surface area contributed by atoms with Gasteiger partial charge in [-0.25, -0.2) is 0 Å². The Bertz CT molecular complexity index is 409. The van der Waals surface area contributed by atoms with Crippen LogP contribution in [-0.4, -0.2) is 0 Å². The van der Waals surface area contributed by atoms with Crippen LogP contribution in [0.3, 0.4) is 0 Å². The Morgan fingerprint density at radius 2 is 1.94 bits per heavy atom. The third-order valence-corrected chi connectivity index (χ3v) is 3.58. The molecule has 1 atom stereocenters. The van der Waals surface area contributed by atoms with E-state index < -0.39 is 0 Å². The lowest BCUT2D eigenvalue weighted by Gasteiger charge is -2.20. The summed E-state index contributed by atoms with van der Waals surface area (Å²) in [6.07, 6.45) is 9.97. The van der Waals surface area contributed by atoms with Crippen molar-refractivity contribution < 1.29 is 0 Å². The van der Waals surface area contributed by atoms with Gasteiger partial charge in [0.15, 0.2) is 0 Å². The molecule has 1 aliphatic rings. The second kappa shape index (κ2) is 5.86. The monoisotopic (exact) mass is 226 g/mol. The fraction of sp³-hybridized carbons (Fsp3) is 0.412. The first-order valence-electron chi connectivity index (χ1n) is 6.74. The zero-order valence-corrected chi connectivity index (χ0v) is 10.9. The van der Waals surface area contributed by atoms with Crippen LogP contribution < -0.4 is 0 Å². The van der Waals surface area contributed by atoms with Crippen LogP contribution in [0, 0.1) is 5.92 Å². The zero-order valence-electron chi connectivity index (χ0n) is 10.9. The van der Waals surface area contributed by atoms with Crippen LogP contribution in [0.25, 0.3) is 5.57 Å². The van der Waals surface area contributed by atoms with Crippen molar-refractivity contribution in [1.82, 2.24) is 0 Å². The summed E-state index contributed by atoms with van der Waals surface area (Å²) in [6.45, 7) is 4.55. The Morgan fingerprint density at radius 3 is 2.59 bits per heavy atom. The van der Waals surface area contributed by atoms with E-state index in [1.165, 1.54) is 36.8 Å². The average Bonchev–Trinajstić information content (AvgIpc) is 2.37. The van der Waals surface area contributed by atoms with E-state index in [1.807, 2.05) is 0 Å². The van der Waals surface area contributed by atoms with Gasteiger partial charge >= 0.3 is 0 Å². The van der Waals surface area contributed by atoms with Crippen molar-refractivity contribution in [3.8, 4) is 0 Å². The van der Waals surface area contributed by atoms with Crippen LogP contribution in [0.4, 0.5) is 0 Å². The van der Waals surface area contributed by atoms with Crippen molar-refractivity contribution in [2.45, 2.75) is 39.5 Å². The molecular weight excluding hydrogens is 204 g/mol. The minimum absolute atomic E-state index is 0.766. The van der Waals surface area contributed by atoms with Crippen LogP contribution >= 0.6 is 0 Å². The van der Waals surface area contributed by atoms with Gasteiger partial charge < -0.3 is 0 Å². The lowest BCUT2D eigenvalue weighted by molar-refractivity contribution is 0.547. The van der Waals surface area contributed by atoms with Crippen LogP contribution in [-0.2, 0) is 0 Å². The molecule has 0 heterocycles. The normalized spacial score (nSPS) is 19.8. The third-order valence-electron chi connectivity index (χ3n) is 3.58. The highest BCUT2D eigenvalue weighted by molar-refractivity contribution is 5.77. The topological polar surface area (TPSA) is 0 Å². The highest BCUT2D eigenvalue weighted by atomic mass is 14.2. The Hall–Kier alpha value is -1.30. The average molecular weight is 226 g/mol. The summed E-state index contributed by atoms with van der Waals surface area (Å²) in [6, 6.07) is 10.7. The molecule has 1 aliphatic carbocycles. The second-order valence-corrected chi connectivity index (χ2v) is 5.03. The molecule has 1 aromatic carbocycles. The summed E-state index contributed by atoms with van der Waals surface area (Å²) in [4.78, 5) is 0. The number of allylic oxidation sites excluding steroid dienone is 4.